The van der Waals surface area contributed by atoms with Crippen molar-refractivity contribution in [3.8, 4) is 6.07 Å². The van der Waals surface area contributed by atoms with E-state index >= 15 is 13.2 Å². The molecule has 3 aliphatic heterocycles. The van der Waals surface area contributed by atoms with E-state index in [0.29, 0.717) is 61.5 Å². The minimum atomic E-state index is -3.31. The van der Waals surface area contributed by atoms with Gasteiger partial charge in [0.25, 0.3) is 11.5 Å². The number of alkyl halides is 2. The number of piperidine rings is 1. The van der Waals surface area contributed by atoms with E-state index < -0.39 is 34.7 Å². The SMILES string of the molecule is C[C@H]1Nc2ncnc3c2cc(C2(C#N)CC2)c(=O)n3CCOCCCN2CCC(CC2)C(F)(F)c2cccc1c2F. The zero-order valence-corrected chi connectivity index (χ0v) is 23.0. The van der Waals surface area contributed by atoms with Gasteiger partial charge in [-0.3, -0.25) is 9.36 Å². The van der Waals surface area contributed by atoms with Crippen molar-refractivity contribution < 1.29 is 17.9 Å². The van der Waals surface area contributed by atoms with Crippen molar-refractivity contribution >= 4 is 16.9 Å². The summed E-state index contributed by atoms with van der Waals surface area (Å²) < 4.78 is 54.7. The highest BCUT2D eigenvalue weighted by atomic mass is 19.3. The van der Waals surface area contributed by atoms with Crippen molar-refractivity contribution in [1.82, 2.24) is 19.4 Å². The van der Waals surface area contributed by atoms with Crippen molar-refractivity contribution in [3.63, 3.8) is 0 Å². The molecule has 1 aromatic carbocycles. The molecule has 41 heavy (non-hydrogen) atoms. The van der Waals surface area contributed by atoms with Crippen molar-refractivity contribution in [3.05, 3.63) is 63.5 Å². The van der Waals surface area contributed by atoms with E-state index in [-0.39, 0.29) is 37.1 Å². The summed E-state index contributed by atoms with van der Waals surface area (Å²) in [7, 11) is 0. The zero-order valence-electron chi connectivity index (χ0n) is 23.0. The van der Waals surface area contributed by atoms with Crippen LogP contribution < -0.4 is 10.9 Å². The van der Waals surface area contributed by atoms with Gasteiger partial charge < -0.3 is 15.0 Å². The molecule has 1 N–H and O–H groups in total. The lowest BCUT2D eigenvalue weighted by Gasteiger charge is -2.36. The number of nitriles is 1. The second-order valence-electron chi connectivity index (χ2n) is 11.4. The molecule has 1 aliphatic carbocycles. The molecule has 4 aliphatic rings. The van der Waals surface area contributed by atoms with E-state index in [4.69, 9.17) is 4.74 Å². The van der Waals surface area contributed by atoms with Crippen molar-refractivity contribution in [2.24, 2.45) is 5.92 Å². The molecule has 1 atom stereocenters. The monoisotopic (exact) mass is 566 g/mol. The maximum atomic E-state index is 15.8. The summed E-state index contributed by atoms with van der Waals surface area (Å²) in [6.45, 7) is 4.41. The number of nitrogens with one attached hydrogen (secondary N) is 1. The lowest BCUT2D eigenvalue weighted by Crippen LogP contribution is -2.40. The Kier molecular flexibility index (Phi) is 7.24. The molecule has 2 fully saturated rings. The molecule has 0 unspecified atom stereocenters. The third-order valence-corrected chi connectivity index (χ3v) is 8.89. The topological polar surface area (TPSA) is 96.1 Å². The number of hydrogen-bond donors (Lipinski definition) is 1. The van der Waals surface area contributed by atoms with Gasteiger partial charge in [-0.25, -0.2) is 23.1 Å². The first-order chi connectivity index (χ1) is 19.7. The van der Waals surface area contributed by atoms with Crippen LogP contribution in [0.1, 0.15) is 61.8 Å². The molecule has 0 radical (unpaired) electrons. The van der Waals surface area contributed by atoms with Gasteiger partial charge in [0.05, 0.1) is 41.6 Å². The van der Waals surface area contributed by atoms with E-state index in [9.17, 15) is 10.1 Å². The van der Waals surface area contributed by atoms with Crippen LogP contribution in [0.4, 0.5) is 19.0 Å². The smallest absolute Gasteiger partial charge is 0.278 e. The number of anilines is 1. The number of pyridine rings is 1. The zero-order chi connectivity index (χ0) is 28.8. The molecular weight excluding hydrogens is 533 g/mol. The molecular formula is C30H33F3N6O2. The van der Waals surface area contributed by atoms with Gasteiger partial charge in [-0.15, -0.1) is 0 Å². The molecule has 0 spiro atoms. The molecule has 1 saturated carbocycles. The molecule has 216 valence electrons. The largest absolute Gasteiger partial charge is 0.380 e. The van der Waals surface area contributed by atoms with E-state index in [1.165, 1.54) is 29.1 Å². The number of fused-ring (bicyclic) bond motifs is 8. The minimum Gasteiger partial charge on any atom is -0.380 e. The van der Waals surface area contributed by atoms with E-state index in [1.807, 2.05) is 0 Å². The van der Waals surface area contributed by atoms with Gasteiger partial charge in [-0.05, 0) is 58.2 Å². The van der Waals surface area contributed by atoms with Gasteiger partial charge in [0.1, 0.15) is 23.6 Å². The number of ether oxygens (including phenoxy) is 1. The van der Waals surface area contributed by atoms with Gasteiger partial charge >= 0.3 is 0 Å². The molecule has 0 amide bonds. The van der Waals surface area contributed by atoms with Gasteiger partial charge in [0.15, 0.2) is 0 Å². The van der Waals surface area contributed by atoms with E-state index in [0.717, 1.165) is 6.42 Å². The van der Waals surface area contributed by atoms with Crippen LogP contribution in [0.5, 0.6) is 0 Å². The van der Waals surface area contributed by atoms with Gasteiger partial charge in [0.2, 0.25) is 0 Å². The molecule has 2 aromatic heterocycles. The van der Waals surface area contributed by atoms with Crippen LogP contribution in [0.2, 0.25) is 0 Å². The minimum absolute atomic E-state index is 0.0958. The van der Waals surface area contributed by atoms with Crippen LogP contribution in [0.25, 0.3) is 11.0 Å². The first kappa shape index (κ1) is 27.7. The summed E-state index contributed by atoms with van der Waals surface area (Å²) in [6, 6.07) is 7.38. The summed E-state index contributed by atoms with van der Waals surface area (Å²) in [6.07, 6.45) is 3.76. The summed E-state index contributed by atoms with van der Waals surface area (Å²) in [5, 5.41) is 13.5. The maximum absolute atomic E-state index is 15.8. The maximum Gasteiger partial charge on any atom is 0.278 e. The Morgan fingerprint density at radius 2 is 1.88 bits per heavy atom. The van der Waals surface area contributed by atoms with Crippen LogP contribution >= 0.6 is 0 Å². The van der Waals surface area contributed by atoms with E-state index in [2.05, 4.69) is 26.3 Å². The van der Waals surface area contributed by atoms with Gasteiger partial charge in [0, 0.05) is 30.2 Å². The predicted octanol–water partition coefficient (Wildman–Crippen LogP) is 4.88. The molecule has 11 heteroatoms. The van der Waals surface area contributed by atoms with Crippen molar-refractivity contribution in [2.45, 2.75) is 63.0 Å². The van der Waals surface area contributed by atoms with Crippen LogP contribution in [0.15, 0.2) is 35.4 Å². The first-order valence-electron chi connectivity index (χ1n) is 14.3. The van der Waals surface area contributed by atoms with Crippen molar-refractivity contribution in [2.75, 3.05) is 38.2 Å². The molecule has 8 nitrogen and oxygen atoms in total. The average molecular weight is 567 g/mol. The number of nitrogens with zero attached hydrogens (tertiary/aromatic N) is 5. The van der Waals surface area contributed by atoms with Crippen LogP contribution in [-0.2, 0) is 22.6 Å². The summed E-state index contributed by atoms with van der Waals surface area (Å²) in [5.74, 6) is -4.85. The second kappa shape index (κ2) is 10.7. The Labute approximate surface area is 236 Å². The molecule has 1 saturated heterocycles. The summed E-state index contributed by atoms with van der Waals surface area (Å²) in [4.78, 5) is 24.5. The Morgan fingerprint density at radius 1 is 1.10 bits per heavy atom. The van der Waals surface area contributed by atoms with E-state index in [1.54, 1.807) is 13.0 Å². The number of benzene rings is 1. The Balaban J connectivity index is 1.45. The van der Waals surface area contributed by atoms with Crippen LogP contribution in [0, 0.1) is 23.1 Å². The average Bonchev–Trinajstić information content (AvgIpc) is 3.76. The third-order valence-electron chi connectivity index (χ3n) is 8.89. The molecule has 8 bridgehead atoms. The fourth-order valence-electron chi connectivity index (χ4n) is 6.23. The quantitative estimate of drug-likeness (QED) is 0.449. The van der Waals surface area contributed by atoms with Crippen LogP contribution in [-0.4, -0.2) is 52.3 Å². The lowest BCUT2D eigenvalue weighted by atomic mass is 9.85. The summed E-state index contributed by atoms with van der Waals surface area (Å²) in [5.41, 5.74) is -0.906. The van der Waals surface area contributed by atoms with Gasteiger partial charge in [-0.2, -0.15) is 5.26 Å². The summed E-state index contributed by atoms with van der Waals surface area (Å²) >= 11 is 0. The van der Waals surface area contributed by atoms with Crippen LogP contribution in [0.3, 0.4) is 0 Å². The van der Waals surface area contributed by atoms with Gasteiger partial charge in [-0.1, -0.05) is 18.2 Å². The van der Waals surface area contributed by atoms with Crippen molar-refractivity contribution in [1.29, 1.82) is 5.26 Å². The molecule has 5 heterocycles. The highest BCUT2D eigenvalue weighted by molar-refractivity contribution is 5.87. The fraction of sp³-hybridized carbons (Fsp3) is 0.533. The number of rotatable bonds is 1. The Morgan fingerprint density at radius 3 is 2.61 bits per heavy atom. The molecule has 7 rings (SSSR count). The standard InChI is InChI=1S/C30H33F3N6O2/c1-19-21-4-2-5-23(25(21)31)30(32,33)20-6-11-38(12-7-20)10-3-14-41-15-13-39-27-22(26(37-19)35-18-36-27)16-24(28(39)40)29(17-34)8-9-29/h2,4-5,16,18-20H,3,6-15H2,1H3,(H,35,36,37)/t19-/m1/s1. The fourth-order valence-corrected chi connectivity index (χ4v) is 6.23. The first-order valence-corrected chi connectivity index (χ1v) is 14.3. The Bertz CT molecular complexity index is 1560. The Hall–Kier alpha value is -3.49. The molecule has 3 aromatic rings. The number of hydrogen-bond acceptors (Lipinski definition) is 7. The number of halogens is 3. The lowest BCUT2D eigenvalue weighted by molar-refractivity contribution is -0.0882. The predicted molar refractivity (Wildman–Crippen MR) is 147 cm³/mol. The highest BCUT2D eigenvalue weighted by Gasteiger charge is 2.48. The second-order valence-corrected chi connectivity index (χ2v) is 11.4. The number of aromatic nitrogens is 3. The normalized spacial score (nSPS) is 25.8. The third kappa shape index (κ3) is 4.97. The highest BCUT2D eigenvalue weighted by Crippen LogP contribution is 2.47.